The molecule has 0 spiro atoms. The highest BCUT2D eigenvalue weighted by Crippen LogP contribution is 2.43. The Bertz CT molecular complexity index is 1050. The van der Waals surface area contributed by atoms with Crippen LogP contribution in [-0.4, -0.2) is 75.6 Å². The highest BCUT2D eigenvalue weighted by atomic mass is 31.2. The molecule has 54 heavy (non-hydrogen) atoms. The van der Waals surface area contributed by atoms with Crippen LogP contribution in [0.25, 0.3) is 0 Å². The van der Waals surface area contributed by atoms with E-state index in [1.54, 1.807) is 0 Å². The summed E-state index contributed by atoms with van der Waals surface area (Å²) < 4.78 is 34.9. The minimum absolute atomic E-state index is 0.0802. The topological polar surface area (TPSA) is 91.3 Å². The molecule has 0 aromatic rings. The Morgan fingerprint density at radius 2 is 1.07 bits per heavy atom. The molecule has 314 valence electrons. The summed E-state index contributed by atoms with van der Waals surface area (Å²) in [4.78, 5) is 22.9. The van der Waals surface area contributed by atoms with Gasteiger partial charge in [-0.2, -0.15) is 0 Å². The maximum Gasteiger partial charge on any atom is 0.472 e. The van der Waals surface area contributed by atoms with Gasteiger partial charge in [0, 0.05) is 13.0 Å². The van der Waals surface area contributed by atoms with Crippen LogP contribution in [0.2, 0.25) is 0 Å². The third kappa shape index (κ3) is 41.4. The Morgan fingerprint density at radius 3 is 1.61 bits per heavy atom. The van der Waals surface area contributed by atoms with E-state index in [0.29, 0.717) is 24.1 Å². The van der Waals surface area contributed by atoms with Gasteiger partial charge in [0.05, 0.1) is 34.4 Å². The number of allylic oxidation sites excluding steroid dienone is 10. The van der Waals surface area contributed by atoms with E-state index in [0.717, 1.165) is 89.9 Å². The van der Waals surface area contributed by atoms with Gasteiger partial charge in [0.25, 0.3) is 0 Å². The standard InChI is InChI=1S/C45H82NO7P/c1-6-8-10-12-14-16-18-20-22-24-26-28-30-32-34-36-38-45(47)53-44(43-52-54(48,49)51-41-39-46(3,4)5)42-50-40-37-35-33-31-29-27-25-23-21-19-17-15-13-11-9-7-2/h9,11,15-18,21-24,44H,6-8,10,12-14,19-20,25-43H2,1-5H3/p+1/b11-9-,17-15-,18-16-,23-21-,24-22-. The molecule has 0 fully saturated rings. The second-order valence-corrected chi connectivity index (χ2v) is 16.8. The lowest BCUT2D eigenvalue weighted by atomic mass is 10.1. The smallest absolute Gasteiger partial charge is 0.457 e. The average Bonchev–Trinajstić information content (AvgIpc) is 3.12. The predicted molar refractivity (Wildman–Crippen MR) is 229 cm³/mol. The van der Waals surface area contributed by atoms with Crippen molar-refractivity contribution in [1.82, 2.24) is 0 Å². The molecule has 0 rings (SSSR count). The fraction of sp³-hybridized carbons (Fsp3) is 0.756. The molecular formula is C45H83NO7P+. The molecule has 2 atom stereocenters. The van der Waals surface area contributed by atoms with E-state index in [9.17, 15) is 14.3 Å². The van der Waals surface area contributed by atoms with Gasteiger partial charge in [0.15, 0.2) is 0 Å². The lowest BCUT2D eigenvalue weighted by Crippen LogP contribution is -2.37. The number of hydrogen-bond acceptors (Lipinski definition) is 6. The van der Waals surface area contributed by atoms with Crippen LogP contribution in [0.4, 0.5) is 0 Å². The Balaban J connectivity index is 4.31. The molecule has 0 heterocycles. The molecule has 0 amide bonds. The van der Waals surface area contributed by atoms with Crippen LogP contribution in [0.3, 0.4) is 0 Å². The maximum atomic E-state index is 12.7. The Hall–Kier alpha value is -1.80. The first kappa shape index (κ1) is 52.2. The van der Waals surface area contributed by atoms with Crippen LogP contribution < -0.4 is 0 Å². The van der Waals surface area contributed by atoms with E-state index in [-0.39, 0.29) is 25.8 Å². The van der Waals surface area contributed by atoms with E-state index in [1.165, 1.54) is 51.4 Å². The van der Waals surface area contributed by atoms with Crippen LogP contribution in [-0.2, 0) is 27.9 Å². The number of esters is 1. The van der Waals surface area contributed by atoms with Crippen LogP contribution in [0.5, 0.6) is 0 Å². The van der Waals surface area contributed by atoms with E-state index in [4.69, 9.17) is 18.5 Å². The van der Waals surface area contributed by atoms with Crippen molar-refractivity contribution in [3.05, 3.63) is 60.8 Å². The fourth-order valence-electron chi connectivity index (χ4n) is 5.48. The average molecular weight is 781 g/mol. The SMILES string of the molecule is CC/C=C\C/C=C\C/C=C\CCCCCCCCOCC(COP(=O)(O)OCC[N+](C)(C)C)OC(=O)CCCCCCC/C=C\C/C=C\CCCCCC. The van der Waals surface area contributed by atoms with Crippen molar-refractivity contribution in [2.24, 2.45) is 0 Å². The zero-order valence-electron chi connectivity index (χ0n) is 35.4. The molecule has 1 N–H and O–H groups in total. The number of hydrogen-bond donors (Lipinski definition) is 1. The summed E-state index contributed by atoms with van der Waals surface area (Å²) in [5.74, 6) is -0.335. The molecule has 0 aliphatic rings. The van der Waals surface area contributed by atoms with Gasteiger partial charge in [-0.1, -0.05) is 139 Å². The highest BCUT2D eigenvalue weighted by molar-refractivity contribution is 7.47. The van der Waals surface area contributed by atoms with Crippen LogP contribution in [0, 0.1) is 0 Å². The van der Waals surface area contributed by atoms with Crippen molar-refractivity contribution in [2.45, 2.75) is 168 Å². The minimum atomic E-state index is -4.28. The summed E-state index contributed by atoms with van der Waals surface area (Å²) in [7, 11) is 1.64. The molecule has 0 aromatic heterocycles. The van der Waals surface area contributed by atoms with Crippen LogP contribution in [0.1, 0.15) is 162 Å². The van der Waals surface area contributed by atoms with E-state index >= 15 is 0 Å². The molecule has 0 aliphatic carbocycles. The molecule has 9 heteroatoms. The summed E-state index contributed by atoms with van der Waals surface area (Å²) in [5.41, 5.74) is 0. The predicted octanol–water partition coefficient (Wildman–Crippen LogP) is 12.5. The first-order valence-corrected chi connectivity index (χ1v) is 23.0. The van der Waals surface area contributed by atoms with Crippen LogP contribution >= 0.6 is 7.82 Å². The number of phosphoric ester groups is 1. The number of nitrogens with zero attached hydrogens (tertiary/aromatic N) is 1. The molecule has 0 saturated heterocycles. The Kier molecular flexibility index (Phi) is 36.8. The molecule has 0 aromatic carbocycles. The molecule has 0 aliphatic heterocycles. The number of quaternary nitrogens is 1. The maximum absolute atomic E-state index is 12.7. The highest BCUT2D eigenvalue weighted by Gasteiger charge is 2.26. The molecule has 0 saturated carbocycles. The molecular weight excluding hydrogens is 697 g/mol. The Labute approximate surface area is 332 Å². The summed E-state index contributed by atoms with van der Waals surface area (Å²) in [6.07, 6.45) is 46.8. The fourth-order valence-corrected chi connectivity index (χ4v) is 6.22. The number of ether oxygens (including phenoxy) is 2. The quantitative estimate of drug-likeness (QED) is 0.0218. The van der Waals surface area contributed by atoms with Gasteiger partial charge in [0.2, 0.25) is 0 Å². The third-order valence-electron chi connectivity index (χ3n) is 8.81. The van der Waals surface area contributed by atoms with Crippen LogP contribution in [0.15, 0.2) is 60.8 Å². The number of unbranched alkanes of at least 4 members (excludes halogenated alkanes) is 15. The van der Waals surface area contributed by atoms with E-state index in [1.807, 2.05) is 21.1 Å². The monoisotopic (exact) mass is 781 g/mol. The van der Waals surface area contributed by atoms with E-state index in [2.05, 4.69) is 74.6 Å². The van der Waals surface area contributed by atoms with Gasteiger partial charge in [-0.05, 0) is 77.0 Å². The normalized spacial score (nSPS) is 14.4. The molecule has 0 radical (unpaired) electrons. The zero-order chi connectivity index (χ0) is 39.9. The van der Waals surface area contributed by atoms with Gasteiger partial charge in [-0.3, -0.25) is 13.8 Å². The first-order valence-electron chi connectivity index (χ1n) is 21.5. The van der Waals surface area contributed by atoms with Crippen molar-refractivity contribution in [3.63, 3.8) is 0 Å². The number of carbonyl (C=O) groups is 1. The lowest BCUT2D eigenvalue weighted by molar-refractivity contribution is -0.870. The van der Waals surface area contributed by atoms with Crippen molar-refractivity contribution in [1.29, 1.82) is 0 Å². The van der Waals surface area contributed by atoms with E-state index < -0.39 is 13.9 Å². The summed E-state index contributed by atoms with van der Waals surface area (Å²) in [6.45, 7) is 5.43. The second-order valence-electron chi connectivity index (χ2n) is 15.3. The number of likely N-dealkylation sites (N-methyl/N-ethyl adjacent to an activating group) is 1. The van der Waals surface area contributed by atoms with Crippen molar-refractivity contribution in [2.75, 3.05) is 54.1 Å². The number of carbonyl (C=O) groups excluding carboxylic acids is 1. The van der Waals surface area contributed by atoms with Gasteiger partial charge in [-0.25, -0.2) is 4.57 Å². The molecule has 0 bridgehead atoms. The van der Waals surface area contributed by atoms with Gasteiger partial charge >= 0.3 is 13.8 Å². The van der Waals surface area contributed by atoms with Gasteiger partial charge in [0.1, 0.15) is 19.3 Å². The minimum Gasteiger partial charge on any atom is -0.457 e. The first-order chi connectivity index (χ1) is 26.1. The summed E-state index contributed by atoms with van der Waals surface area (Å²) in [5, 5.41) is 0. The number of phosphoric acid groups is 1. The van der Waals surface area contributed by atoms with Gasteiger partial charge < -0.3 is 18.9 Å². The largest absolute Gasteiger partial charge is 0.472 e. The summed E-state index contributed by atoms with van der Waals surface area (Å²) >= 11 is 0. The lowest BCUT2D eigenvalue weighted by Gasteiger charge is -2.24. The molecule has 2 unspecified atom stereocenters. The third-order valence-corrected chi connectivity index (χ3v) is 9.80. The van der Waals surface area contributed by atoms with Gasteiger partial charge in [-0.15, -0.1) is 0 Å². The Morgan fingerprint density at radius 1 is 0.593 bits per heavy atom. The van der Waals surface area contributed by atoms with Crippen molar-refractivity contribution in [3.8, 4) is 0 Å². The second kappa shape index (κ2) is 38.1. The zero-order valence-corrected chi connectivity index (χ0v) is 36.3. The van der Waals surface area contributed by atoms with Crippen molar-refractivity contribution < 1.29 is 37.3 Å². The molecule has 8 nitrogen and oxygen atoms in total. The number of rotatable bonds is 39. The van der Waals surface area contributed by atoms with Crippen molar-refractivity contribution >= 4 is 13.8 Å². The summed E-state index contributed by atoms with van der Waals surface area (Å²) in [6, 6.07) is 0.